The van der Waals surface area contributed by atoms with E-state index in [1.165, 1.54) is 24.2 Å². The molecule has 3 aromatic heterocycles. The number of amides is 1. The summed E-state index contributed by atoms with van der Waals surface area (Å²) in [5.74, 6) is 0.504. The monoisotopic (exact) mass is 594 g/mol. The molecule has 12 nitrogen and oxygen atoms in total. The molecule has 0 unspecified atom stereocenters. The first-order valence-corrected chi connectivity index (χ1v) is 13.1. The SMILES string of the molecule is COCCOC(=O)Nc1ccc(-c2nc(Cn3c(C)cc(-c4cc(Cl)ccc4-n4cnnn4)cc3=O)[nH]c2Cl)cc1. The van der Waals surface area contributed by atoms with Crippen LogP contribution in [-0.2, 0) is 16.0 Å². The summed E-state index contributed by atoms with van der Waals surface area (Å²) in [6.07, 6.45) is 0.894. The number of rotatable bonds is 9. The molecule has 210 valence electrons. The molecule has 5 rings (SSSR count). The number of tetrazole rings is 1. The lowest BCUT2D eigenvalue weighted by Crippen LogP contribution is -2.23. The van der Waals surface area contributed by atoms with Gasteiger partial charge in [0.25, 0.3) is 5.56 Å². The second-order valence-corrected chi connectivity index (χ2v) is 9.72. The number of aryl methyl sites for hydroxylation is 1. The van der Waals surface area contributed by atoms with Crippen LogP contribution in [0.2, 0.25) is 10.2 Å². The number of aromatic nitrogens is 7. The van der Waals surface area contributed by atoms with Crippen LogP contribution < -0.4 is 10.9 Å². The molecule has 0 fully saturated rings. The number of H-pyrrole nitrogens is 1. The molecule has 3 heterocycles. The van der Waals surface area contributed by atoms with E-state index in [1.54, 1.807) is 47.0 Å². The minimum absolute atomic E-state index is 0.152. The number of hydrogen-bond donors (Lipinski definition) is 2. The van der Waals surface area contributed by atoms with Crippen molar-refractivity contribution in [2.45, 2.75) is 13.5 Å². The van der Waals surface area contributed by atoms with Gasteiger partial charge in [-0.2, -0.15) is 4.68 Å². The normalized spacial score (nSPS) is 11.0. The third-order valence-corrected chi connectivity index (χ3v) is 6.65. The van der Waals surface area contributed by atoms with Crippen molar-refractivity contribution in [2.24, 2.45) is 0 Å². The van der Waals surface area contributed by atoms with E-state index in [4.69, 9.17) is 32.7 Å². The number of anilines is 1. The number of nitrogens with zero attached hydrogens (tertiary/aromatic N) is 6. The quantitative estimate of drug-likeness (QED) is 0.233. The van der Waals surface area contributed by atoms with E-state index >= 15 is 0 Å². The van der Waals surface area contributed by atoms with E-state index in [0.717, 1.165) is 5.56 Å². The van der Waals surface area contributed by atoms with E-state index in [-0.39, 0.29) is 18.7 Å². The smallest absolute Gasteiger partial charge is 0.411 e. The number of pyridine rings is 1. The highest BCUT2D eigenvalue weighted by Crippen LogP contribution is 2.30. The van der Waals surface area contributed by atoms with Gasteiger partial charge in [-0.15, -0.1) is 5.10 Å². The molecular formula is C27H24Cl2N8O4. The Labute approximate surface area is 243 Å². The van der Waals surface area contributed by atoms with Crippen LogP contribution >= 0.6 is 23.2 Å². The maximum absolute atomic E-state index is 13.2. The van der Waals surface area contributed by atoms with E-state index < -0.39 is 6.09 Å². The maximum atomic E-state index is 13.2. The summed E-state index contributed by atoms with van der Waals surface area (Å²) in [4.78, 5) is 32.8. The average Bonchev–Trinajstić information content (AvgIpc) is 3.61. The first-order chi connectivity index (χ1) is 19.8. The number of ether oxygens (including phenoxy) is 2. The third-order valence-electron chi connectivity index (χ3n) is 6.14. The summed E-state index contributed by atoms with van der Waals surface area (Å²) in [7, 11) is 1.53. The topological polar surface area (TPSA) is 142 Å². The van der Waals surface area contributed by atoms with Gasteiger partial charge in [-0.1, -0.05) is 35.3 Å². The zero-order valence-electron chi connectivity index (χ0n) is 22.0. The zero-order valence-corrected chi connectivity index (χ0v) is 23.5. The fourth-order valence-corrected chi connectivity index (χ4v) is 4.63. The number of hydrogen-bond acceptors (Lipinski definition) is 8. The second-order valence-electron chi connectivity index (χ2n) is 8.90. The summed E-state index contributed by atoms with van der Waals surface area (Å²) < 4.78 is 13.0. The zero-order chi connectivity index (χ0) is 28.9. The van der Waals surface area contributed by atoms with Gasteiger partial charge in [0, 0.05) is 40.7 Å². The fourth-order valence-electron chi connectivity index (χ4n) is 4.20. The maximum Gasteiger partial charge on any atom is 0.411 e. The van der Waals surface area contributed by atoms with Gasteiger partial charge in [-0.25, -0.2) is 9.78 Å². The van der Waals surface area contributed by atoms with Gasteiger partial charge in [-0.3, -0.25) is 10.1 Å². The van der Waals surface area contributed by atoms with Crippen molar-refractivity contribution >= 4 is 35.0 Å². The molecule has 0 aliphatic carbocycles. The van der Waals surface area contributed by atoms with Gasteiger partial charge in [0.1, 0.15) is 29.6 Å². The molecule has 0 aliphatic rings. The van der Waals surface area contributed by atoms with Crippen molar-refractivity contribution in [3.05, 3.63) is 93.0 Å². The molecule has 0 atom stereocenters. The van der Waals surface area contributed by atoms with Crippen LogP contribution in [0, 0.1) is 6.92 Å². The largest absolute Gasteiger partial charge is 0.447 e. The Morgan fingerprint density at radius 2 is 1.85 bits per heavy atom. The van der Waals surface area contributed by atoms with Crippen molar-refractivity contribution in [2.75, 3.05) is 25.6 Å². The molecule has 14 heteroatoms. The summed E-state index contributed by atoms with van der Waals surface area (Å²) in [6, 6.07) is 15.7. The second kappa shape index (κ2) is 12.3. The Kier molecular flexibility index (Phi) is 8.43. The Morgan fingerprint density at radius 1 is 1.05 bits per heavy atom. The van der Waals surface area contributed by atoms with Gasteiger partial charge in [-0.05, 0) is 59.3 Å². The average molecular weight is 595 g/mol. The van der Waals surface area contributed by atoms with Crippen LogP contribution in [-0.4, -0.2) is 61.2 Å². The molecular weight excluding hydrogens is 571 g/mol. The lowest BCUT2D eigenvalue weighted by Gasteiger charge is -2.13. The molecule has 41 heavy (non-hydrogen) atoms. The molecule has 2 aromatic carbocycles. The highest BCUT2D eigenvalue weighted by Gasteiger charge is 2.16. The summed E-state index contributed by atoms with van der Waals surface area (Å²) in [5.41, 5.74) is 4.33. The van der Waals surface area contributed by atoms with Gasteiger partial charge < -0.3 is 19.0 Å². The van der Waals surface area contributed by atoms with Crippen LogP contribution in [0.25, 0.3) is 28.1 Å². The summed E-state index contributed by atoms with van der Waals surface area (Å²) in [6.45, 7) is 2.48. The number of halogens is 2. The number of benzene rings is 2. The van der Waals surface area contributed by atoms with E-state index in [1.807, 2.05) is 13.0 Å². The molecule has 0 spiro atoms. The van der Waals surface area contributed by atoms with Crippen LogP contribution in [0.15, 0.2) is 65.7 Å². The Bertz CT molecular complexity index is 1730. The van der Waals surface area contributed by atoms with Crippen molar-refractivity contribution in [3.63, 3.8) is 0 Å². The van der Waals surface area contributed by atoms with Crippen molar-refractivity contribution in [1.82, 2.24) is 34.7 Å². The lowest BCUT2D eigenvalue weighted by molar-refractivity contribution is 0.107. The van der Waals surface area contributed by atoms with E-state index in [2.05, 4.69) is 30.8 Å². The van der Waals surface area contributed by atoms with Crippen LogP contribution in [0.1, 0.15) is 11.5 Å². The minimum Gasteiger partial charge on any atom is -0.447 e. The van der Waals surface area contributed by atoms with Gasteiger partial charge in [0.05, 0.1) is 18.8 Å². The third kappa shape index (κ3) is 6.46. The standard InChI is InChI=1S/C27H24Cl2N8O4/c1-16-11-18(21-13-19(28)5-8-22(21)37-15-30-34-35-37)12-24(38)36(16)14-23-32-25(26(29)33-23)17-3-6-20(7-4-17)31-27(39)41-10-9-40-2/h3-8,11-13,15H,9-10,14H2,1-2H3,(H,31,39)(H,32,33). The lowest BCUT2D eigenvalue weighted by atomic mass is 10.0. The predicted molar refractivity (Wildman–Crippen MR) is 154 cm³/mol. The van der Waals surface area contributed by atoms with Crippen LogP contribution in [0.5, 0.6) is 0 Å². The molecule has 0 aliphatic heterocycles. The van der Waals surface area contributed by atoms with E-state index in [0.29, 0.717) is 56.5 Å². The van der Waals surface area contributed by atoms with E-state index in [9.17, 15) is 9.59 Å². The van der Waals surface area contributed by atoms with Crippen LogP contribution in [0.3, 0.4) is 0 Å². The Balaban J connectivity index is 1.35. The highest BCUT2D eigenvalue weighted by molar-refractivity contribution is 6.32. The molecule has 0 radical (unpaired) electrons. The van der Waals surface area contributed by atoms with Crippen molar-refractivity contribution < 1.29 is 14.3 Å². The number of nitrogens with one attached hydrogen (secondary N) is 2. The molecule has 0 saturated heterocycles. The number of imidazole rings is 1. The Hall–Kier alpha value is -4.52. The Morgan fingerprint density at radius 3 is 2.56 bits per heavy atom. The molecule has 0 saturated carbocycles. The van der Waals surface area contributed by atoms with Gasteiger partial charge >= 0.3 is 6.09 Å². The molecule has 5 aromatic rings. The first kappa shape index (κ1) is 28.0. The molecule has 2 N–H and O–H groups in total. The van der Waals surface area contributed by atoms with Crippen LogP contribution in [0.4, 0.5) is 10.5 Å². The molecule has 1 amide bonds. The number of methoxy groups -OCH3 is 1. The number of aromatic amines is 1. The minimum atomic E-state index is -0.580. The summed E-state index contributed by atoms with van der Waals surface area (Å²) in [5, 5.41) is 14.8. The highest BCUT2D eigenvalue weighted by atomic mass is 35.5. The predicted octanol–water partition coefficient (Wildman–Crippen LogP) is 4.74. The van der Waals surface area contributed by atoms with Crippen molar-refractivity contribution in [3.8, 4) is 28.1 Å². The number of carbonyl (C=O) groups excluding carboxylic acids is 1. The molecule has 0 bridgehead atoms. The van der Waals surface area contributed by atoms with Gasteiger partial charge in [0.2, 0.25) is 0 Å². The van der Waals surface area contributed by atoms with Gasteiger partial charge in [0.15, 0.2) is 0 Å². The fraction of sp³-hybridized carbons (Fsp3) is 0.185. The number of carbonyl (C=O) groups is 1. The first-order valence-electron chi connectivity index (χ1n) is 12.3. The summed E-state index contributed by atoms with van der Waals surface area (Å²) >= 11 is 12.7. The van der Waals surface area contributed by atoms with Crippen molar-refractivity contribution in [1.29, 1.82) is 0 Å².